The van der Waals surface area contributed by atoms with Crippen LogP contribution in [0.5, 0.6) is 0 Å². The fourth-order valence-corrected chi connectivity index (χ4v) is 3.28. The standard InChI is InChI=1S/C14H15ClF3N5/c1-8-11(12(15)22(2)21-8)9-4-3-7-23(9)13-19-6-5-10(20-13)14(16,17)18/h5-6,9H,3-4,7H2,1-2H3. The molecule has 3 rings (SSSR count). The molecule has 1 aliphatic heterocycles. The Kier molecular flexibility index (Phi) is 3.95. The molecule has 2 aromatic rings. The summed E-state index contributed by atoms with van der Waals surface area (Å²) in [7, 11) is 1.74. The van der Waals surface area contributed by atoms with Crippen LogP contribution in [0.25, 0.3) is 0 Å². The highest BCUT2D eigenvalue weighted by Gasteiger charge is 2.36. The highest BCUT2D eigenvalue weighted by molar-refractivity contribution is 6.30. The number of halogens is 4. The van der Waals surface area contributed by atoms with Gasteiger partial charge in [-0.3, -0.25) is 4.68 Å². The molecule has 0 radical (unpaired) electrons. The van der Waals surface area contributed by atoms with E-state index in [-0.39, 0.29) is 12.0 Å². The Morgan fingerprint density at radius 3 is 2.70 bits per heavy atom. The fourth-order valence-electron chi connectivity index (χ4n) is 2.98. The van der Waals surface area contributed by atoms with Gasteiger partial charge in [-0.2, -0.15) is 18.3 Å². The van der Waals surface area contributed by atoms with Crippen molar-refractivity contribution in [2.24, 2.45) is 7.05 Å². The minimum absolute atomic E-state index is 0.0710. The van der Waals surface area contributed by atoms with Gasteiger partial charge in [0.05, 0.1) is 11.7 Å². The molecule has 1 fully saturated rings. The van der Waals surface area contributed by atoms with Gasteiger partial charge in [0, 0.05) is 25.4 Å². The first-order chi connectivity index (χ1) is 10.8. The van der Waals surface area contributed by atoms with Crippen LogP contribution in [0.15, 0.2) is 12.3 Å². The lowest BCUT2D eigenvalue weighted by atomic mass is 10.1. The molecule has 0 spiro atoms. The van der Waals surface area contributed by atoms with Crippen LogP contribution in [-0.4, -0.2) is 26.3 Å². The highest BCUT2D eigenvalue weighted by atomic mass is 35.5. The number of aromatic nitrogens is 4. The van der Waals surface area contributed by atoms with Gasteiger partial charge in [0.25, 0.3) is 0 Å². The zero-order valence-electron chi connectivity index (χ0n) is 12.6. The number of alkyl halides is 3. The van der Waals surface area contributed by atoms with Crippen LogP contribution in [0.4, 0.5) is 19.1 Å². The predicted molar refractivity (Wildman–Crippen MR) is 79.3 cm³/mol. The third-order valence-corrected chi connectivity index (χ3v) is 4.42. The summed E-state index contributed by atoms with van der Waals surface area (Å²) in [5.74, 6) is 0.0710. The molecule has 1 unspecified atom stereocenters. The summed E-state index contributed by atoms with van der Waals surface area (Å²) in [6, 6.07) is 0.705. The molecule has 5 nitrogen and oxygen atoms in total. The smallest absolute Gasteiger partial charge is 0.334 e. The predicted octanol–water partition coefficient (Wildman–Crippen LogP) is 3.53. The largest absolute Gasteiger partial charge is 0.433 e. The number of rotatable bonds is 2. The molecule has 1 aliphatic rings. The van der Waals surface area contributed by atoms with Gasteiger partial charge in [-0.05, 0) is 25.8 Å². The molecule has 0 bridgehead atoms. The van der Waals surface area contributed by atoms with Gasteiger partial charge >= 0.3 is 6.18 Å². The number of hydrogen-bond donors (Lipinski definition) is 0. The summed E-state index contributed by atoms with van der Waals surface area (Å²) in [5.41, 5.74) is 0.649. The van der Waals surface area contributed by atoms with Gasteiger partial charge in [-0.1, -0.05) is 11.6 Å². The lowest BCUT2D eigenvalue weighted by Crippen LogP contribution is -2.26. The number of anilines is 1. The zero-order chi connectivity index (χ0) is 16.8. The van der Waals surface area contributed by atoms with Crippen LogP contribution in [0.2, 0.25) is 5.15 Å². The van der Waals surface area contributed by atoms with E-state index in [1.54, 1.807) is 16.6 Å². The molecule has 9 heteroatoms. The molecule has 0 N–H and O–H groups in total. The van der Waals surface area contributed by atoms with Crippen molar-refractivity contribution in [2.45, 2.75) is 32.0 Å². The maximum absolute atomic E-state index is 12.9. The van der Waals surface area contributed by atoms with E-state index in [4.69, 9.17) is 11.6 Å². The van der Waals surface area contributed by atoms with Crippen molar-refractivity contribution >= 4 is 17.5 Å². The van der Waals surface area contributed by atoms with E-state index >= 15 is 0 Å². The van der Waals surface area contributed by atoms with Crippen molar-refractivity contribution in [2.75, 3.05) is 11.4 Å². The monoisotopic (exact) mass is 345 g/mol. The Balaban J connectivity index is 1.99. The quantitative estimate of drug-likeness (QED) is 0.835. The van der Waals surface area contributed by atoms with Gasteiger partial charge < -0.3 is 4.90 Å². The molecule has 1 saturated heterocycles. The SMILES string of the molecule is Cc1nn(C)c(Cl)c1C1CCCN1c1nccc(C(F)(F)F)n1. The van der Waals surface area contributed by atoms with E-state index in [1.807, 2.05) is 6.92 Å². The molecule has 0 amide bonds. The second-order valence-corrected chi connectivity index (χ2v) is 5.86. The van der Waals surface area contributed by atoms with Gasteiger partial charge in [0.2, 0.25) is 5.95 Å². The molecular weight excluding hydrogens is 331 g/mol. The summed E-state index contributed by atoms with van der Waals surface area (Å²) in [4.78, 5) is 9.48. The average Bonchev–Trinajstić information content (AvgIpc) is 3.04. The zero-order valence-corrected chi connectivity index (χ0v) is 13.4. The van der Waals surface area contributed by atoms with Gasteiger partial charge in [-0.25, -0.2) is 9.97 Å². The van der Waals surface area contributed by atoms with Crippen molar-refractivity contribution in [3.63, 3.8) is 0 Å². The van der Waals surface area contributed by atoms with Crippen LogP contribution < -0.4 is 4.90 Å². The van der Waals surface area contributed by atoms with Crippen LogP contribution in [0, 0.1) is 6.92 Å². The number of nitrogens with zero attached hydrogens (tertiary/aromatic N) is 5. The molecule has 1 atom stereocenters. The normalized spacial score (nSPS) is 18.7. The molecular formula is C14H15ClF3N5. The van der Waals surface area contributed by atoms with Crippen LogP contribution >= 0.6 is 11.6 Å². The van der Waals surface area contributed by atoms with Crippen molar-refractivity contribution in [3.05, 3.63) is 34.4 Å². The summed E-state index contributed by atoms with van der Waals surface area (Å²) in [6.45, 7) is 2.42. The van der Waals surface area contributed by atoms with E-state index in [9.17, 15) is 13.2 Å². The Hall–Kier alpha value is -1.83. The van der Waals surface area contributed by atoms with Crippen LogP contribution in [0.3, 0.4) is 0 Å². The van der Waals surface area contributed by atoms with Gasteiger partial charge in [0.1, 0.15) is 10.8 Å². The van der Waals surface area contributed by atoms with Crippen LogP contribution in [-0.2, 0) is 13.2 Å². The first-order valence-electron chi connectivity index (χ1n) is 7.15. The number of aryl methyl sites for hydroxylation is 2. The maximum atomic E-state index is 12.9. The minimum Gasteiger partial charge on any atom is -0.334 e. The second-order valence-electron chi connectivity index (χ2n) is 5.50. The topological polar surface area (TPSA) is 46.8 Å². The molecule has 0 aliphatic carbocycles. The fraction of sp³-hybridized carbons (Fsp3) is 0.500. The molecule has 124 valence electrons. The van der Waals surface area contributed by atoms with Crippen molar-refractivity contribution in [1.29, 1.82) is 0 Å². The summed E-state index contributed by atoms with van der Waals surface area (Å²) < 4.78 is 40.2. The second kappa shape index (κ2) is 5.67. The van der Waals surface area contributed by atoms with Gasteiger partial charge in [0.15, 0.2) is 0 Å². The van der Waals surface area contributed by atoms with E-state index in [1.165, 1.54) is 0 Å². The lowest BCUT2D eigenvalue weighted by molar-refractivity contribution is -0.141. The third-order valence-electron chi connectivity index (χ3n) is 3.97. The number of hydrogen-bond acceptors (Lipinski definition) is 4. The van der Waals surface area contributed by atoms with Gasteiger partial charge in [-0.15, -0.1) is 0 Å². The van der Waals surface area contributed by atoms with E-state index < -0.39 is 11.9 Å². The Labute approximate surface area is 136 Å². The molecule has 0 aromatic carbocycles. The Bertz CT molecular complexity index is 728. The molecule has 23 heavy (non-hydrogen) atoms. The van der Waals surface area contributed by atoms with E-state index in [2.05, 4.69) is 15.1 Å². The highest BCUT2D eigenvalue weighted by Crippen LogP contribution is 2.39. The maximum Gasteiger partial charge on any atom is 0.433 e. The van der Waals surface area contributed by atoms with Crippen molar-refractivity contribution in [3.8, 4) is 0 Å². The van der Waals surface area contributed by atoms with Crippen molar-refractivity contribution in [1.82, 2.24) is 19.7 Å². The average molecular weight is 346 g/mol. The minimum atomic E-state index is -4.49. The van der Waals surface area contributed by atoms with E-state index in [0.717, 1.165) is 36.4 Å². The summed E-state index contributed by atoms with van der Waals surface area (Å²) >= 11 is 6.30. The first-order valence-corrected chi connectivity index (χ1v) is 7.52. The van der Waals surface area contributed by atoms with E-state index in [0.29, 0.717) is 11.7 Å². The summed E-state index contributed by atoms with van der Waals surface area (Å²) in [6.07, 6.45) is -1.76. The Morgan fingerprint density at radius 1 is 1.35 bits per heavy atom. The molecule has 3 heterocycles. The van der Waals surface area contributed by atoms with Crippen molar-refractivity contribution < 1.29 is 13.2 Å². The first kappa shape index (κ1) is 16.0. The lowest BCUT2D eigenvalue weighted by Gasteiger charge is -2.25. The molecule has 2 aromatic heterocycles. The van der Waals surface area contributed by atoms with Crippen LogP contribution in [0.1, 0.15) is 35.8 Å². The molecule has 0 saturated carbocycles. The Morgan fingerprint density at radius 2 is 2.09 bits per heavy atom. The third kappa shape index (κ3) is 2.87. The summed E-state index contributed by atoms with van der Waals surface area (Å²) in [5, 5.41) is 4.77.